The molecular formula is C20H22N4O4S. The van der Waals surface area contributed by atoms with Gasteiger partial charge in [-0.1, -0.05) is 29.3 Å². The Morgan fingerprint density at radius 2 is 1.62 bits per heavy atom. The first-order valence-electron chi connectivity index (χ1n) is 8.88. The average molecular weight is 414 g/mol. The molecular weight excluding hydrogens is 392 g/mol. The topological polar surface area (TPSA) is 111 Å². The lowest BCUT2D eigenvalue weighted by molar-refractivity contribution is -0.121. The number of hydrogen-bond acceptors (Lipinski definition) is 4. The lowest BCUT2D eigenvalue weighted by Crippen LogP contribution is -2.46. The summed E-state index contributed by atoms with van der Waals surface area (Å²) in [7, 11) is -2.51. The van der Waals surface area contributed by atoms with Crippen LogP contribution in [0.4, 0.5) is 0 Å². The van der Waals surface area contributed by atoms with Gasteiger partial charge in [0.1, 0.15) is 5.69 Å². The third kappa shape index (κ3) is 4.64. The third-order valence-electron chi connectivity index (χ3n) is 4.43. The lowest BCUT2D eigenvalue weighted by Gasteiger charge is -2.17. The molecule has 29 heavy (non-hydrogen) atoms. The van der Waals surface area contributed by atoms with Gasteiger partial charge in [0.15, 0.2) is 0 Å². The summed E-state index contributed by atoms with van der Waals surface area (Å²) in [5.41, 5.74) is 7.60. The number of benzene rings is 2. The Kier molecular flexibility index (Phi) is 5.71. The van der Waals surface area contributed by atoms with Crippen LogP contribution in [0.5, 0.6) is 0 Å². The van der Waals surface area contributed by atoms with Crippen LogP contribution in [0.25, 0.3) is 10.9 Å². The van der Waals surface area contributed by atoms with Crippen LogP contribution in [0.1, 0.15) is 21.6 Å². The van der Waals surface area contributed by atoms with E-state index in [9.17, 15) is 18.0 Å². The first kappa shape index (κ1) is 20.6. The molecule has 1 heterocycles. The van der Waals surface area contributed by atoms with Crippen molar-refractivity contribution in [2.24, 2.45) is 0 Å². The van der Waals surface area contributed by atoms with Crippen molar-refractivity contribution in [2.75, 3.05) is 13.6 Å². The van der Waals surface area contributed by atoms with Gasteiger partial charge in [-0.3, -0.25) is 20.4 Å². The van der Waals surface area contributed by atoms with E-state index in [1.807, 2.05) is 32.0 Å². The Morgan fingerprint density at radius 3 is 2.31 bits per heavy atom. The number of sulfonamides is 1. The fourth-order valence-electron chi connectivity index (χ4n) is 2.79. The maximum Gasteiger partial charge on any atom is 0.286 e. The van der Waals surface area contributed by atoms with Crippen molar-refractivity contribution in [3.63, 3.8) is 0 Å². The van der Waals surface area contributed by atoms with E-state index in [2.05, 4.69) is 15.8 Å². The normalized spacial score (nSPS) is 11.6. The molecule has 0 fully saturated rings. The van der Waals surface area contributed by atoms with E-state index in [1.54, 1.807) is 18.2 Å². The minimum absolute atomic E-state index is 0.0933. The molecule has 3 rings (SSSR count). The van der Waals surface area contributed by atoms with Crippen molar-refractivity contribution in [1.29, 1.82) is 0 Å². The van der Waals surface area contributed by atoms with Crippen LogP contribution in [0.3, 0.4) is 0 Å². The fraction of sp³-hybridized carbons (Fsp3) is 0.200. The van der Waals surface area contributed by atoms with Crippen molar-refractivity contribution >= 4 is 32.7 Å². The van der Waals surface area contributed by atoms with Gasteiger partial charge in [0.2, 0.25) is 10.0 Å². The number of amides is 2. The van der Waals surface area contributed by atoms with Crippen LogP contribution in [0.15, 0.2) is 53.4 Å². The molecule has 9 heteroatoms. The highest BCUT2D eigenvalue weighted by Gasteiger charge is 2.23. The number of nitrogens with one attached hydrogen (secondary N) is 3. The van der Waals surface area contributed by atoms with E-state index >= 15 is 0 Å². The number of carbonyl (C=O) groups is 2. The lowest BCUT2D eigenvalue weighted by atomic mass is 10.2. The molecule has 0 aliphatic carbocycles. The first-order chi connectivity index (χ1) is 13.7. The van der Waals surface area contributed by atoms with Gasteiger partial charge in [-0.2, -0.15) is 4.31 Å². The monoisotopic (exact) mass is 414 g/mol. The molecule has 2 amide bonds. The first-order valence-corrected chi connectivity index (χ1v) is 10.3. The van der Waals surface area contributed by atoms with Crippen LogP contribution in [-0.4, -0.2) is 43.1 Å². The number of likely N-dealkylation sites (N-methyl/N-ethyl adjacent to an activating group) is 1. The van der Waals surface area contributed by atoms with Gasteiger partial charge in [-0.25, -0.2) is 8.42 Å². The molecule has 2 aromatic carbocycles. The molecule has 0 atom stereocenters. The number of fused-ring (bicyclic) bond motifs is 1. The Morgan fingerprint density at radius 1 is 0.966 bits per heavy atom. The number of nitrogens with zero attached hydrogens (tertiary/aromatic N) is 1. The summed E-state index contributed by atoms with van der Waals surface area (Å²) in [6, 6.07) is 13.7. The Bertz CT molecular complexity index is 1170. The van der Waals surface area contributed by atoms with E-state index in [0.717, 1.165) is 26.3 Å². The number of H-pyrrole nitrogens is 1. The minimum Gasteiger partial charge on any atom is -0.350 e. The highest BCUT2D eigenvalue weighted by atomic mass is 32.2. The largest absolute Gasteiger partial charge is 0.350 e. The Labute approximate surface area is 168 Å². The van der Waals surface area contributed by atoms with E-state index < -0.39 is 28.4 Å². The summed E-state index contributed by atoms with van der Waals surface area (Å²) >= 11 is 0. The molecule has 0 aliphatic heterocycles. The third-order valence-corrected chi connectivity index (χ3v) is 6.25. The van der Waals surface area contributed by atoms with Crippen molar-refractivity contribution in [3.05, 3.63) is 65.4 Å². The van der Waals surface area contributed by atoms with E-state index in [0.29, 0.717) is 0 Å². The zero-order chi connectivity index (χ0) is 21.2. The maximum atomic E-state index is 12.5. The van der Waals surface area contributed by atoms with Crippen LogP contribution >= 0.6 is 0 Å². The van der Waals surface area contributed by atoms with Crippen LogP contribution in [-0.2, 0) is 14.8 Å². The number of rotatable bonds is 5. The zero-order valence-electron chi connectivity index (χ0n) is 16.3. The minimum atomic E-state index is -3.81. The van der Waals surface area contributed by atoms with Gasteiger partial charge in [0.05, 0.1) is 11.4 Å². The van der Waals surface area contributed by atoms with Gasteiger partial charge >= 0.3 is 0 Å². The summed E-state index contributed by atoms with van der Waals surface area (Å²) in [6.07, 6.45) is 0. The SMILES string of the molecule is Cc1ccc(S(=O)(=O)N(C)CC(=O)NNC(=O)c2cc3cc(C)ccc3[nH]2)cc1. The second kappa shape index (κ2) is 8.06. The molecule has 152 valence electrons. The highest BCUT2D eigenvalue weighted by molar-refractivity contribution is 7.89. The van der Waals surface area contributed by atoms with Crippen LogP contribution < -0.4 is 10.9 Å². The molecule has 0 saturated carbocycles. The van der Waals surface area contributed by atoms with Crippen molar-refractivity contribution < 1.29 is 18.0 Å². The number of aryl methyl sites for hydroxylation is 2. The summed E-state index contributed by atoms with van der Waals surface area (Å²) in [5, 5.41) is 0.880. The smallest absolute Gasteiger partial charge is 0.286 e. The molecule has 1 aromatic heterocycles. The zero-order valence-corrected chi connectivity index (χ0v) is 17.1. The summed E-state index contributed by atoms with van der Waals surface area (Å²) in [4.78, 5) is 27.4. The molecule has 0 aliphatic rings. The molecule has 0 radical (unpaired) electrons. The van der Waals surface area contributed by atoms with E-state index in [1.165, 1.54) is 19.2 Å². The number of aromatic nitrogens is 1. The standard InChI is InChI=1S/C20H22N4O4S/c1-13-4-7-16(8-5-13)29(27,28)24(3)12-19(25)22-23-20(26)18-11-15-10-14(2)6-9-17(15)21-18/h4-11,21H,12H2,1-3H3,(H,22,25)(H,23,26). The number of carbonyl (C=O) groups excluding carboxylic acids is 2. The van der Waals surface area contributed by atoms with Crippen molar-refractivity contribution in [3.8, 4) is 0 Å². The molecule has 8 nitrogen and oxygen atoms in total. The van der Waals surface area contributed by atoms with Crippen molar-refractivity contribution in [1.82, 2.24) is 20.1 Å². The van der Waals surface area contributed by atoms with E-state index in [4.69, 9.17) is 0 Å². The molecule has 0 bridgehead atoms. The summed E-state index contributed by atoms with van der Waals surface area (Å²) in [5.74, 6) is -1.19. The van der Waals surface area contributed by atoms with Gasteiger partial charge in [0, 0.05) is 18.0 Å². The predicted octanol–water partition coefficient (Wildman–Crippen LogP) is 1.87. The fourth-order valence-corrected chi connectivity index (χ4v) is 3.91. The quantitative estimate of drug-likeness (QED) is 0.553. The average Bonchev–Trinajstić information content (AvgIpc) is 3.09. The maximum absolute atomic E-state index is 12.5. The molecule has 0 unspecified atom stereocenters. The molecule has 0 spiro atoms. The van der Waals surface area contributed by atoms with Gasteiger partial charge < -0.3 is 4.98 Å². The van der Waals surface area contributed by atoms with Crippen LogP contribution in [0, 0.1) is 13.8 Å². The Balaban J connectivity index is 1.59. The van der Waals surface area contributed by atoms with Gasteiger partial charge in [-0.05, 0) is 44.2 Å². The van der Waals surface area contributed by atoms with Gasteiger partial charge in [0.25, 0.3) is 11.8 Å². The van der Waals surface area contributed by atoms with Crippen LogP contribution in [0.2, 0.25) is 0 Å². The number of hydrogen-bond donors (Lipinski definition) is 3. The van der Waals surface area contributed by atoms with Crippen molar-refractivity contribution in [2.45, 2.75) is 18.7 Å². The number of aromatic amines is 1. The molecule has 3 N–H and O–H groups in total. The highest BCUT2D eigenvalue weighted by Crippen LogP contribution is 2.17. The second-order valence-electron chi connectivity index (χ2n) is 6.85. The Hall–Kier alpha value is -3.17. The summed E-state index contributed by atoms with van der Waals surface area (Å²) in [6.45, 7) is 3.36. The second-order valence-corrected chi connectivity index (χ2v) is 8.90. The number of hydrazine groups is 1. The predicted molar refractivity (Wildman–Crippen MR) is 110 cm³/mol. The van der Waals surface area contributed by atoms with Gasteiger partial charge in [-0.15, -0.1) is 0 Å². The van der Waals surface area contributed by atoms with E-state index in [-0.39, 0.29) is 10.6 Å². The summed E-state index contributed by atoms with van der Waals surface area (Å²) < 4.78 is 26.0. The molecule has 3 aromatic rings. The molecule has 0 saturated heterocycles.